The molecule has 0 fully saturated rings. The standard InChI is InChI=1S/C19H26N4/c1-13(2)18(16-6-5-7-21-11-16)12-22-19(20)23-17-9-14(3)8-15(4)10-17/h5-11,13,18H,12H2,1-4H3,(H3,20,22,23). The normalized spacial score (nSPS) is 13.2. The van der Waals surface area contributed by atoms with Crippen LogP contribution in [0.1, 0.15) is 36.5 Å². The Morgan fingerprint density at radius 3 is 2.48 bits per heavy atom. The van der Waals surface area contributed by atoms with Gasteiger partial charge in [0.15, 0.2) is 5.96 Å². The number of anilines is 1. The number of hydrogen-bond acceptors (Lipinski definition) is 2. The second kappa shape index (κ2) is 7.77. The predicted molar refractivity (Wildman–Crippen MR) is 97.8 cm³/mol. The smallest absolute Gasteiger partial charge is 0.193 e. The summed E-state index contributed by atoms with van der Waals surface area (Å²) in [5.74, 6) is 1.23. The lowest BCUT2D eigenvalue weighted by atomic mass is 9.89. The van der Waals surface area contributed by atoms with E-state index in [2.05, 4.69) is 67.3 Å². The Hall–Kier alpha value is -2.36. The van der Waals surface area contributed by atoms with E-state index in [0.717, 1.165) is 5.69 Å². The number of aliphatic imine (C=N–C) groups is 1. The Morgan fingerprint density at radius 2 is 1.91 bits per heavy atom. The van der Waals surface area contributed by atoms with E-state index in [0.29, 0.717) is 24.3 Å². The van der Waals surface area contributed by atoms with E-state index < -0.39 is 0 Å². The topological polar surface area (TPSA) is 63.3 Å². The SMILES string of the molecule is Cc1cc(C)cc(NC(N)=NCC(c2cccnc2)C(C)C)c1. The average Bonchev–Trinajstić information content (AvgIpc) is 2.47. The molecule has 0 aliphatic carbocycles. The largest absolute Gasteiger partial charge is 0.370 e. The highest BCUT2D eigenvalue weighted by Gasteiger charge is 2.15. The summed E-state index contributed by atoms with van der Waals surface area (Å²) in [5, 5.41) is 3.18. The number of aromatic nitrogens is 1. The zero-order chi connectivity index (χ0) is 16.8. The molecule has 0 saturated heterocycles. The number of aryl methyl sites for hydroxylation is 2. The Morgan fingerprint density at radius 1 is 1.22 bits per heavy atom. The Labute approximate surface area is 138 Å². The van der Waals surface area contributed by atoms with Gasteiger partial charge in [0.25, 0.3) is 0 Å². The molecule has 2 rings (SSSR count). The molecular formula is C19H26N4. The van der Waals surface area contributed by atoms with Gasteiger partial charge in [-0.2, -0.15) is 0 Å². The van der Waals surface area contributed by atoms with Gasteiger partial charge in [0, 0.05) is 30.5 Å². The van der Waals surface area contributed by atoms with E-state index in [1.807, 2.05) is 12.3 Å². The summed E-state index contributed by atoms with van der Waals surface area (Å²) in [7, 11) is 0. The van der Waals surface area contributed by atoms with E-state index in [1.165, 1.54) is 16.7 Å². The van der Waals surface area contributed by atoms with Crippen LogP contribution < -0.4 is 11.1 Å². The number of nitrogens with one attached hydrogen (secondary N) is 1. The maximum Gasteiger partial charge on any atom is 0.193 e. The molecule has 3 N–H and O–H groups in total. The van der Waals surface area contributed by atoms with Crippen LogP contribution in [0, 0.1) is 19.8 Å². The molecule has 4 nitrogen and oxygen atoms in total. The van der Waals surface area contributed by atoms with Crippen LogP contribution in [-0.4, -0.2) is 17.5 Å². The van der Waals surface area contributed by atoms with Gasteiger partial charge in [-0.15, -0.1) is 0 Å². The van der Waals surface area contributed by atoms with Crippen molar-refractivity contribution in [1.29, 1.82) is 0 Å². The van der Waals surface area contributed by atoms with E-state index in [9.17, 15) is 0 Å². The maximum absolute atomic E-state index is 6.06. The van der Waals surface area contributed by atoms with Crippen molar-refractivity contribution in [2.75, 3.05) is 11.9 Å². The predicted octanol–water partition coefficient (Wildman–Crippen LogP) is 3.86. The van der Waals surface area contributed by atoms with E-state index in [4.69, 9.17) is 5.73 Å². The van der Waals surface area contributed by atoms with Crippen LogP contribution in [0.25, 0.3) is 0 Å². The van der Waals surface area contributed by atoms with Gasteiger partial charge >= 0.3 is 0 Å². The molecule has 0 amide bonds. The summed E-state index contributed by atoms with van der Waals surface area (Å²) in [6.07, 6.45) is 3.70. The first kappa shape index (κ1) is 17.0. The van der Waals surface area contributed by atoms with Crippen LogP contribution in [0.2, 0.25) is 0 Å². The minimum Gasteiger partial charge on any atom is -0.370 e. The summed E-state index contributed by atoms with van der Waals surface area (Å²) >= 11 is 0. The number of nitrogens with zero attached hydrogens (tertiary/aromatic N) is 2. The molecule has 0 radical (unpaired) electrons. The summed E-state index contributed by atoms with van der Waals surface area (Å²) in [5.41, 5.74) is 10.6. The number of pyridine rings is 1. The molecule has 1 heterocycles. The van der Waals surface area contributed by atoms with Gasteiger partial charge in [0.05, 0.1) is 0 Å². The fraction of sp³-hybridized carbons (Fsp3) is 0.368. The van der Waals surface area contributed by atoms with Crippen molar-refractivity contribution in [2.24, 2.45) is 16.6 Å². The van der Waals surface area contributed by atoms with Gasteiger partial charge in [0.2, 0.25) is 0 Å². The lowest BCUT2D eigenvalue weighted by Crippen LogP contribution is -2.24. The fourth-order valence-electron chi connectivity index (χ4n) is 2.73. The van der Waals surface area contributed by atoms with Gasteiger partial charge in [0.1, 0.15) is 0 Å². The number of hydrogen-bond donors (Lipinski definition) is 2. The van der Waals surface area contributed by atoms with Crippen LogP contribution in [0.15, 0.2) is 47.7 Å². The van der Waals surface area contributed by atoms with Crippen LogP contribution in [-0.2, 0) is 0 Å². The highest BCUT2D eigenvalue weighted by molar-refractivity contribution is 5.92. The summed E-state index contributed by atoms with van der Waals surface area (Å²) in [6.45, 7) is 9.18. The van der Waals surface area contributed by atoms with Crippen molar-refractivity contribution in [3.63, 3.8) is 0 Å². The van der Waals surface area contributed by atoms with Gasteiger partial charge in [-0.3, -0.25) is 9.98 Å². The van der Waals surface area contributed by atoms with Crippen molar-refractivity contribution >= 4 is 11.6 Å². The van der Waals surface area contributed by atoms with Crippen molar-refractivity contribution in [3.05, 3.63) is 59.4 Å². The molecule has 1 aromatic heterocycles. The third-order valence-electron chi connectivity index (χ3n) is 3.87. The minimum atomic E-state index is 0.309. The van der Waals surface area contributed by atoms with Crippen molar-refractivity contribution in [1.82, 2.24) is 4.98 Å². The molecule has 1 atom stereocenters. The van der Waals surface area contributed by atoms with Crippen molar-refractivity contribution in [3.8, 4) is 0 Å². The minimum absolute atomic E-state index is 0.309. The van der Waals surface area contributed by atoms with Gasteiger partial charge < -0.3 is 11.1 Å². The van der Waals surface area contributed by atoms with Crippen LogP contribution in [0.3, 0.4) is 0 Å². The Balaban J connectivity index is 2.07. The third kappa shape index (κ3) is 5.09. The van der Waals surface area contributed by atoms with Gasteiger partial charge in [-0.05, 0) is 54.7 Å². The molecule has 23 heavy (non-hydrogen) atoms. The quantitative estimate of drug-likeness (QED) is 0.651. The highest BCUT2D eigenvalue weighted by atomic mass is 15.1. The molecule has 0 aliphatic rings. The third-order valence-corrected chi connectivity index (χ3v) is 3.87. The van der Waals surface area contributed by atoms with E-state index in [-0.39, 0.29) is 0 Å². The Bertz CT molecular complexity index is 642. The molecule has 0 spiro atoms. The average molecular weight is 310 g/mol. The van der Waals surface area contributed by atoms with Gasteiger partial charge in [-0.25, -0.2) is 0 Å². The van der Waals surface area contributed by atoms with Gasteiger partial charge in [-0.1, -0.05) is 26.0 Å². The number of nitrogens with two attached hydrogens (primary N) is 1. The number of guanidine groups is 1. The first-order valence-electron chi connectivity index (χ1n) is 8.01. The molecule has 2 aromatic rings. The van der Waals surface area contributed by atoms with Crippen molar-refractivity contribution < 1.29 is 0 Å². The summed E-state index contributed by atoms with van der Waals surface area (Å²) in [6, 6.07) is 10.3. The fourth-order valence-corrected chi connectivity index (χ4v) is 2.73. The zero-order valence-corrected chi connectivity index (χ0v) is 14.4. The maximum atomic E-state index is 6.06. The Kier molecular flexibility index (Phi) is 5.74. The second-order valence-electron chi connectivity index (χ2n) is 6.36. The lowest BCUT2D eigenvalue weighted by Gasteiger charge is -2.19. The molecule has 122 valence electrons. The molecule has 1 unspecified atom stereocenters. The highest BCUT2D eigenvalue weighted by Crippen LogP contribution is 2.24. The van der Waals surface area contributed by atoms with E-state index >= 15 is 0 Å². The van der Waals surface area contributed by atoms with Crippen LogP contribution >= 0.6 is 0 Å². The summed E-state index contributed by atoms with van der Waals surface area (Å²) < 4.78 is 0. The molecule has 4 heteroatoms. The molecular weight excluding hydrogens is 284 g/mol. The number of rotatable bonds is 5. The molecule has 0 saturated carbocycles. The van der Waals surface area contributed by atoms with E-state index in [1.54, 1.807) is 6.20 Å². The molecule has 1 aromatic carbocycles. The van der Waals surface area contributed by atoms with Crippen LogP contribution in [0.4, 0.5) is 5.69 Å². The molecule has 0 bridgehead atoms. The van der Waals surface area contributed by atoms with Crippen LogP contribution in [0.5, 0.6) is 0 Å². The second-order valence-corrected chi connectivity index (χ2v) is 6.36. The monoisotopic (exact) mass is 310 g/mol. The van der Waals surface area contributed by atoms with Crippen molar-refractivity contribution in [2.45, 2.75) is 33.6 Å². The number of benzene rings is 1. The zero-order valence-electron chi connectivity index (χ0n) is 14.4. The lowest BCUT2D eigenvalue weighted by molar-refractivity contribution is 0.506. The first-order chi connectivity index (χ1) is 11.0. The first-order valence-corrected chi connectivity index (χ1v) is 8.01. The summed E-state index contributed by atoms with van der Waals surface area (Å²) in [4.78, 5) is 8.74. The molecule has 0 aliphatic heterocycles.